The first-order valence-corrected chi connectivity index (χ1v) is 7.52. The molecule has 0 bridgehead atoms. The molecule has 0 saturated carbocycles. The summed E-state index contributed by atoms with van der Waals surface area (Å²) in [5.41, 5.74) is 3.09. The van der Waals surface area contributed by atoms with E-state index in [4.69, 9.17) is 21.1 Å². The highest BCUT2D eigenvalue weighted by molar-refractivity contribution is 6.17. The first-order chi connectivity index (χ1) is 10.3. The van der Waals surface area contributed by atoms with Gasteiger partial charge in [-0.2, -0.15) is 0 Å². The normalized spacial score (nSPS) is 12.9. The number of rotatable bonds is 5. The molecule has 2 nitrogen and oxygen atoms in total. The summed E-state index contributed by atoms with van der Waals surface area (Å²) >= 11 is 5.80. The number of alkyl halides is 1. The lowest BCUT2D eigenvalue weighted by atomic mass is 10.1. The van der Waals surface area contributed by atoms with E-state index in [2.05, 4.69) is 6.07 Å². The molecule has 1 heterocycles. The first kappa shape index (κ1) is 14.2. The van der Waals surface area contributed by atoms with Crippen LogP contribution >= 0.6 is 11.6 Å². The van der Waals surface area contributed by atoms with Gasteiger partial charge in [-0.05, 0) is 23.3 Å². The van der Waals surface area contributed by atoms with Gasteiger partial charge in [-0.1, -0.05) is 24.3 Å². The molecule has 1 aliphatic rings. The van der Waals surface area contributed by atoms with Crippen LogP contribution in [0.4, 0.5) is 4.39 Å². The maximum atomic E-state index is 13.7. The molecule has 1 aliphatic heterocycles. The quantitative estimate of drug-likeness (QED) is 0.774. The second kappa shape index (κ2) is 6.35. The Hall–Kier alpha value is -1.74. The fourth-order valence-electron chi connectivity index (χ4n) is 2.49. The minimum absolute atomic E-state index is 0.239. The number of benzene rings is 2. The van der Waals surface area contributed by atoms with E-state index < -0.39 is 0 Å². The molecule has 0 fully saturated rings. The van der Waals surface area contributed by atoms with Crippen molar-refractivity contribution < 1.29 is 13.9 Å². The Labute approximate surface area is 128 Å². The van der Waals surface area contributed by atoms with E-state index in [1.54, 1.807) is 12.1 Å². The van der Waals surface area contributed by atoms with Gasteiger partial charge in [-0.25, -0.2) is 4.39 Å². The van der Waals surface area contributed by atoms with Gasteiger partial charge in [0.05, 0.1) is 19.1 Å². The lowest BCUT2D eigenvalue weighted by Gasteiger charge is -2.11. The van der Waals surface area contributed by atoms with E-state index in [0.29, 0.717) is 12.2 Å². The Bertz CT molecular complexity index is 643. The molecule has 0 unspecified atom stereocenters. The molecule has 2 aromatic rings. The summed E-state index contributed by atoms with van der Waals surface area (Å²) in [6.45, 7) is 1.17. The van der Waals surface area contributed by atoms with Gasteiger partial charge in [0.1, 0.15) is 5.75 Å². The van der Waals surface area contributed by atoms with Crippen LogP contribution in [0.2, 0.25) is 0 Å². The summed E-state index contributed by atoms with van der Waals surface area (Å²) in [6.07, 6.45) is 1.68. The van der Waals surface area contributed by atoms with E-state index in [1.807, 2.05) is 12.1 Å². The average Bonchev–Trinajstić information content (AvgIpc) is 2.96. The molecule has 21 heavy (non-hydrogen) atoms. The molecule has 0 N–H and O–H groups in total. The minimum atomic E-state index is -0.365. The molecular formula is C17H16ClFO2. The molecule has 0 aliphatic carbocycles. The molecular weight excluding hydrogens is 291 g/mol. The van der Waals surface area contributed by atoms with Crippen LogP contribution in [-0.4, -0.2) is 13.2 Å². The smallest absolute Gasteiger partial charge is 0.165 e. The van der Waals surface area contributed by atoms with Crippen molar-refractivity contribution in [3.05, 3.63) is 58.9 Å². The maximum absolute atomic E-state index is 13.7. The molecule has 0 aromatic heterocycles. The zero-order valence-corrected chi connectivity index (χ0v) is 12.3. The Morgan fingerprint density at radius 1 is 1.24 bits per heavy atom. The fourth-order valence-corrected chi connectivity index (χ4v) is 2.70. The van der Waals surface area contributed by atoms with Crippen LogP contribution in [0, 0.1) is 5.82 Å². The van der Waals surface area contributed by atoms with E-state index >= 15 is 0 Å². The van der Waals surface area contributed by atoms with E-state index in [1.165, 1.54) is 17.2 Å². The van der Waals surface area contributed by atoms with Crippen LogP contribution in [0.15, 0.2) is 36.4 Å². The molecule has 0 atom stereocenters. The molecule has 0 saturated heterocycles. The zero-order valence-electron chi connectivity index (χ0n) is 11.6. The number of para-hydroxylation sites is 1. The second-order valence-corrected chi connectivity index (χ2v) is 5.27. The molecule has 2 aromatic carbocycles. The van der Waals surface area contributed by atoms with Gasteiger partial charge >= 0.3 is 0 Å². The molecule has 4 heteroatoms. The van der Waals surface area contributed by atoms with Crippen LogP contribution in [0.25, 0.3) is 0 Å². The van der Waals surface area contributed by atoms with Gasteiger partial charge in [0, 0.05) is 18.4 Å². The second-order valence-electron chi connectivity index (χ2n) is 5.00. The monoisotopic (exact) mass is 306 g/mol. The summed E-state index contributed by atoms with van der Waals surface area (Å²) in [6, 6.07) is 11.0. The lowest BCUT2D eigenvalue weighted by molar-refractivity contribution is 0.302. The first-order valence-electron chi connectivity index (χ1n) is 6.98. The third kappa shape index (κ3) is 3.13. The van der Waals surface area contributed by atoms with Crippen molar-refractivity contribution in [2.75, 3.05) is 13.2 Å². The third-order valence-corrected chi connectivity index (χ3v) is 3.87. The van der Waals surface area contributed by atoms with Crippen molar-refractivity contribution in [2.24, 2.45) is 0 Å². The number of hydrogen-bond donors (Lipinski definition) is 0. The Balaban J connectivity index is 1.64. The highest BCUT2D eigenvalue weighted by Crippen LogP contribution is 2.27. The topological polar surface area (TPSA) is 18.5 Å². The van der Waals surface area contributed by atoms with Crippen molar-refractivity contribution in [3.63, 3.8) is 0 Å². The van der Waals surface area contributed by atoms with Crippen LogP contribution in [-0.2, 0) is 18.7 Å². The molecule has 3 rings (SSSR count). The van der Waals surface area contributed by atoms with Crippen LogP contribution in [0.1, 0.15) is 16.7 Å². The van der Waals surface area contributed by atoms with E-state index in [-0.39, 0.29) is 17.4 Å². The van der Waals surface area contributed by atoms with Crippen molar-refractivity contribution in [3.8, 4) is 11.5 Å². The molecule has 110 valence electrons. The van der Waals surface area contributed by atoms with Gasteiger partial charge in [0.25, 0.3) is 0 Å². The number of halogens is 2. The molecule has 0 radical (unpaired) electrons. The molecule has 0 spiro atoms. The SMILES string of the molecule is Fc1cccc(CCl)c1OCCc1ccc2c(c1)CCO2. The zero-order chi connectivity index (χ0) is 14.7. The highest BCUT2D eigenvalue weighted by Gasteiger charge is 2.12. The van der Waals surface area contributed by atoms with Gasteiger partial charge in [-0.3, -0.25) is 0 Å². The summed E-state index contributed by atoms with van der Waals surface area (Å²) in [7, 11) is 0. The Kier molecular flexibility index (Phi) is 4.30. The Morgan fingerprint density at radius 3 is 3.00 bits per heavy atom. The van der Waals surface area contributed by atoms with Crippen LogP contribution < -0.4 is 9.47 Å². The minimum Gasteiger partial charge on any atom is -0.493 e. The number of hydrogen-bond acceptors (Lipinski definition) is 2. The third-order valence-electron chi connectivity index (χ3n) is 3.58. The maximum Gasteiger partial charge on any atom is 0.165 e. The number of fused-ring (bicyclic) bond motifs is 1. The van der Waals surface area contributed by atoms with Crippen LogP contribution in [0.5, 0.6) is 11.5 Å². The fraction of sp³-hybridized carbons (Fsp3) is 0.294. The molecule has 0 amide bonds. The van der Waals surface area contributed by atoms with Gasteiger partial charge in [0.15, 0.2) is 11.6 Å². The van der Waals surface area contributed by atoms with Crippen molar-refractivity contribution >= 4 is 11.6 Å². The highest BCUT2D eigenvalue weighted by atomic mass is 35.5. The van der Waals surface area contributed by atoms with Crippen molar-refractivity contribution in [2.45, 2.75) is 18.7 Å². The predicted molar refractivity (Wildman–Crippen MR) is 80.8 cm³/mol. The average molecular weight is 307 g/mol. The predicted octanol–water partition coefficient (Wildman–Crippen LogP) is 4.12. The largest absolute Gasteiger partial charge is 0.493 e. The number of ether oxygens (including phenoxy) is 2. The van der Waals surface area contributed by atoms with Gasteiger partial charge < -0.3 is 9.47 Å². The van der Waals surface area contributed by atoms with E-state index in [9.17, 15) is 4.39 Å². The lowest BCUT2D eigenvalue weighted by Crippen LogP contribution is -2.05. The Morgan fingerprint density at radius 2 is 2.14 bits per heavy atom. The summed E-state index contributed by atoms with van der Waals surface area (Å²) < 4.78 is 24.8. The summed E-state index contributed by atoms with van der Waals surface area (Å²) in [4.78, 5) is 0. The van der Waals surface area contributed by atoms with Gasteiger partial charge in [0.2, 0.25) is 0 Å². The van der Waals surface area contributed by atoms with Crippen LogP contribution in [0.3, 0.4) is 0 Å². The van der Waals surface area contributed by atoms with E-state index in [0.717, 1.165) is 25.2 Å². The van der Waals surface area contributed by atoms with Crippen molar-refractivity contribution in [1.29, 1.82) is 0 Å². The summed E-state index contributed by atoms with van der Waals surface area (Å²) in [5.74, 6) is 1.11. The van der Waals surface area contributed by atoms with Crippen molar-refractivity contribution in [1.82, 2.24) is 0 Å². The standard InChI is InChI=1S/C17H16ClFO2/c18-11-14-2-1-3-15(19)17(14)21-8-6-12-4-5-16-13(10-12)7-9-20-16/h1-5,10H,6-9,11H2. The van der Waals surface area contributed by atoms with Gasteiger partial charge in [-0.15, -0.1) is 11.6 Å². The summed E-state index contributed by atoms with van der Waals surface area (Å²) in [5, 5.41) is 0.